The van der Waals surface area contributed by atoms with Crippen LogP contribution in [0.2, 0.25) is 5.02 Å². The molecule has 0 fully saturated rings. The number of rotatable bonds is 5. The van der Waals surface area contributed by atoms with E-state index in [0.29, 0.717) is 10.6 Å². The van der Waals surface area contributed by atoms with Gasteiger partial charge in [-0.25, -0.2) is 5.43 Å². The van der Waals surface area contributed by atoms with E-state index in [0.717, 1.165) is 18.2 Å². The summed E-state index contributed by atoms with van der Waals surface area (Å²) < 4.78 is 0. The Hall–Kier alpha value is -3.33. The molecule has 0 bridgehead atoms. The second-order valence-corrected chi connectivity index (χ2v) is 4.94. The predicted molar refractivity (Wildman–Crippen MR) is 86.3 cm³/mol. The van der Waals surface area contributed by atoms with Crippen molar-refractivity contribution in [2.45, 2.75) is 0 Å². The number of amides is 1. The van der Waals surface area contributed by atoms with Crippen LogP contribution in [-0.4, -0.2) is 22.0 Å². The van der Waals surface area contributed by atoms with Crippen LogP contribution in [-0.2, 0) is 0 Å². The van der Waals surface area contributed by atoms with E-state index in [-0.39, 0.29) is 5.56 Å². The van der Waals surface area contributed by atoms with Gasteiger partial charge < -0.3 is 0 Å². The molecule has 0 atom stereocenters. The zero-order valence-corrected chi connectivity index (χ0v) is 12.6. The molecule has 0 aliphatic carbocycles. The van der Waals surface area contributed by atoms with Gasteiger partial charge in [0.05, 0.1) is 27.7 Å². The molecule has 0 saturated heterocycles. The second kappa shape index (κ2) is 7.29. The molecule has 1 amide bonds. The summed E-state index contributed by atoms with van der Waals surface area (Å²) in [6, 6.07) is 9.28. The highest BCUT2D eigenvalue weighted by Gasteiger charge is 2.19. The standard InChI is InChI=1S/C14H9ClN4O5/c15-11-3-1-2-9(4-11)8-16-17-14(20)10-5-12(18(21)22)7-13(6-10)19(23)24/h1-8H,(H,17,20)/b16-8+. The van der Waals surface area contributed by atoms with E-state index in [1.165, 1.54) is 6.21 Å². The summed E-state index contributed by atoms with van der Waals surface area (Å²) in [6.07, 6.45) is 1.32. The zero-order chi connectivity index (χ0) is 17.7. The number of nitro benzene ring substituents is 2. The average Bonchev–Trinajstić information content (AvgIpc) is 2.54. The average molecular weight is 349 g/mol. The van der Waals surface area contributed by atoms with Crippen LogP contribution in [0.1, 0.15) is 15.9 Å². The van der Waals surface area contributed by atoms with E-state index in [2.05, 4.69) is 10.5 Å². The number of hydrogen-bond acceptors (Lipinski definition) is 6. The number of benzene rings is 2. The molecule has 0 unspecified atom stereocenters. The van der Waals surface area contributed by atoms with Crippen molar-refractivity contribution in [3.63, 3.8) is 0 Å². The fraction of sp³-hybridized carbons (Fsp3) is 0. The van der Waals surface area contributed by atoms with E-state index < -0.39 is 27.1 Å². The van der Waals surface area contributed by atoms with Gasteiger partial charge in [0.1, 0.15) is 0 Å². The largest absolute Gasteiger partial charge is 0.277 e. The lowest BCUT2D eigenvalue weighted by atomic mass is 10.1. The molecule has 2 rings (SSSR count). The first-order valence-corrected chi connectivity index (χ1v) is 6.77. The lowest BCUT2D eigenvalue weighted by molar-refractivity contribution is -0.394. The molecule has 10 heteroatoms. The molecule has 0 saturated carbocycles. The summed E-state index contributed by atoms with van der Waals surface area (Å²) in [5, 5.41) is 25.8. The van der Waals surface area contributed by atoms with E-state index >= 15 is 0 Å². The quantitative estimate of drug-likeness (QED) is 0.504. The molecule has 9 nitrogen and oxygen atoms in total. The summed E-state index contributed by atoms with van der Waals surface area (Å²) in [6.45, 7) is 0. The molecule has 0 aliphatic heterocycles. The maximum atomic E-state index is 12.0. The first-order chi connectivity index (χ1) is 11.4. The summed E-state index contributed by atoms with van der Waals surface area (Å²) in [5.41, 5.74) is 1.39. The summed E-state index contributed by atoms with van der Waals surface area (Å²) in [4.78, 5) is 31.9. The Morgan fingerprint density at radius 2 is 1.71 bits per heavy atom. The zero-order valence-electron chi connectivity index (χ0n) is 11.9. The van der Waals surface area contributed by atoms with Crippen molar-refractivity contribution >= 4 is 35.1 Å². The third-order valence-corrected chi connectivity index (χ3v) is 3.05. The normalized spacial score (nSPS) is 10.5. The third-order valence-electron chi connectivity index (χ3n) is 2.81. The summed E-state index contributed by atoms with van der Waals surface area (Å²) in [7, 11) is 0. The minimum Gasteiger partial charge on any atom is -0.267 e. The Bertz CT molecular complexity index is 821. The van der Waals surface area contributed by atoms with Crippen molar-refractivity contribution in [1.29, 1.82) is 0 Å². The van der Waals surface area contributed by atoms with Gasteiger partial charge in [0.15, 0.2) is 0 Å². The highest BCUT2D eigenvalue weighted by atomic mass is 35.5. The molecule has 1 N–H and O–H groups in total. The van der Waals surface area contributed by atoms with Crippen LogP contribution in [0.3, 0.4) is 0 Å². The smallest absolute Gasteiger partial charge is 0.267 e. The van der Waals surface area contributed by atoms with Gasteiger partial charge in [-0.15, -0.1) is 0 Å². The Morgan fingerprint density at radius 1 is 1.08 bits per heavy atom. The molecule has 0 heterocycles. The van der Waals surface area contributed by atoms with Crippen LogP contribution in [0, 0.1) is 20.2 Å². The molecular formula is C14H9ClN4O5. The topological polar surface area (TPSA) is 128 Å². The number of carbonyl (C=O) groups excluding carboxylic acids is 1. The van der Waals surface area contributed by atoms with Crippen LogP contribution in [0.5, 0.6) is 0 Å². The fourth-order valence-electron chi connectivity index (χ4n) is 1.75. The lowest BCUT2D eigenvalue weighted by Gasteiger charge is -2.01. The van der Waals surface area contributed by atoms with Crippen molar-refractivity contribution in [3.8, 4) is 0 Å². The molecule has 122 valence electrons. The molecule has 0 spiro atoms. The van der Waals surface area contributed by atoms with Crippen LogP contribution < -0.4 is 5.43 Å². The van der Waals surface area contributed by atoms with Gasteiger partial charge in [-0.1, -0.05) is 23.7 Å². The lowest BCUT2D eigenvalue weighted by Crippen LogP contribution is -2.18. The third kappa shape index (κ3) is 4.34. The second-order valence-electron chi connectivity index (χ2n) is 4.51. The minimum atomic E-state index is -0.820. The number of nitrogens with one attached hydrogen (secondary N) is 1. The monoisotopic (exact) mass is 348 g/mol. The molecule has 24 heavy (non-hydrogen) atoms. The Labute approximate surface area is 139 Å². The molecular weight excluding hydrogens is 340 g/mol. The maximum absolute atomic E-state index is 12.0. The van der Waals surface area contributed by atoms with Gasteiger partial charge in [0.2, 0.25) is 0 Å². The minimum absolute atomic E-state index is 0.251. The number of hydrazone groups is 1. The van der Waals surface area contributed by atoms with Gasteiger partial charge in [0, 0.05) is 17.2 Å². The number of nitro groups is 2. The number of nitrogens with zero attached hydrogens (tertiary/aromatic N) is 3. The van der Waals surface area contributed by atoms with E-state index in [9.17, 15) is 25.0 Å². The van der Waals surface area contributed by atoms with Gasteiger partial charge in [0.25, 0.3) is 17.3 Å². The summed E-state index contributed by atoms with van der Waals surface area (Å²) >= 11 is 5.80. The number of hydrogen-bond donors (Lipinski definition) is 1. The molecule has 0 radical (unpaired) electrons. The van der Waals surface area contributed by atoms with E-state index in [1.54, 1.807) is 24.3 Å². The SMILES string of the molecule is O=C(N/N=C/c1cccc(Cl)c1)c1cc([N+](=O)[O-])cc([N+](=O)[O-])c1. The maximum Gasteiger partial charge on any atom is 0.277 e. The molecule has 0 aromatic heterocycles. The van der Waals surface area contributed by atoms with Gasteiger partial charge in [-0.2, -0.15) is 5.10 Å². The van der Waals surface area contributed by atoms with Crippen LogP contribution >= 0.6 is 11.6 Å². The first kappa shape index (κ1) is 17.0. The van der Waals surface area contributed by atoms with Gasteiger partial charge >= 0.3 is 0 Å². The van der Waals surface area contributed by atoms with Crippen molar-refractivity contribution in [2.75, 3.05) is 0 Å². The van der Waals surface area contributed by atoms with Gasteiger partial charge in [-0.05, 0) is 17.7 Å². The van der Waals surface area contributed by atoms with E-state index in [4.69, 9.17) is 11.6 Å². The van der Waals surface area contributed by atoms with Crippen LogP contribution in [0.15, 0.2) is 47.6 Å². The highest BCUT2D eigenvalue weighted by molar-refractivity contribution is 6.30. The molecule has 2 aromatic carbocycles. The number of halogens is 1. The Kier molecular flexibility index (Phi) is 5.17. The number of carbonyl (C=O) groups is 1. The predicted octanol–water partition coefficient (Wildman–Crippen LogP) is 2.92. The molecule has 2 aromatic rings. The van der Waals surface area contributed by atoms with E-state index in [1.807, 2.05) is 0 Å². The van der Waals surface area contributed by atoms with Gasteiger partial charge in [-0.3, -0.25) is 25.0 Å². The van der Waals surface area contributed by atoms with Crippen molar-refractivity contribution in [2.24, 2.45) is 5.10 Å². The van der Waals surface area contributed by atoms with Crippen molar-refractivity contribution < 1.29 is 14.6 Å². The Morgan fingerprint density at radius 3 is 2.25 bits per heavy atom. The first-order valence-electron chi connectivity index (χ1n) is 6.39. The summed E-state index contributed by atoms with van der Waals surface area (Å²) in [5.74, 6) is -0.819. The van der Waals surface area contributed by atoms with Crippen LogP contribution in [0.25, 0.3) is 0 Å². The van der Waals surface area contributed by atoms with Crippen molar-refractivity contribution in [1.82, 2.24) is 5.43 Å². The number of non-ortho nitro benzene ring substituents is 2. The van der Waals surface area contributed by atoms with Crippen molar-refractivity contribution in [3.05, 3.63) is 78.8 Å². The van der Waals surface area contributed by atoms with Crippen LogP contribution in [0.4, 0.5) is 11.4 Å². The highest BCUT2D eigenvalue weighted by Crippen LogP contribution is 2.22. The molecule has 0 aliphatic rings. The fourth-order valence-corrected chi connectivity index (χ4v) is 1.95. The Balaban J connectivity index is 2.20.